The van der Waals surface area contributed by atoms with Crippen molar-refractivity contribution in [2.24, 2.45) is 0 Å². The Labute approximate surface area is 183 Å². The average molecular weight is 460 g/mol. The van der Waals surface area contributed by atoms with Crippen LogP contribution in [0.1, 0.15) is 5.56 Å². The third kappa shape index (κ3) is 5.26. The lowest BCUT2D eigenvalue weighted by Gasteiger charge is -2.45. The van der Waals surface area contributed by atoms with Crippen molar-refractivity contribution in [2.75, 3.05) is 13.7 Å². The number of methoxy groups -OCH3 is 1. The fourth-order valence-electron chi connectivity index (χ4n) is 3.53. The van der Waals surface area contributed by atoms with E-state index in [0.29, 0.717) is 0 Å². The van der Waals surface area contributed by atoms with Crippen LogP contribution < -0.4 is 0 Å². The molecule has 0 aromatic heterocycles. The average Bonchev–Trinajstić information content (AvgIpc) is 2.81. The van der Waals surface area contributed by atoms with Crippen molar-refractivity contribution in [3.05, 3.63) is 35.9 Å². The zero-order chi connectivity index (χ0) is 23.4. The normalized spacial score (nSPS) is 40.1. The number of carbonyl (C=O) groups is 1. The summed E-state index contributed by atoms with van der Waals surface area (Å²) >= 11 is 0. The Bertz CT molecular complexity index is 733. The smallest absolute Gasteiger partial charge is 0.337 e. The molecule has 10 atom stereocenters. The molecule has 0 bridgehead atoms. The molecule has 12 heteroatoms. The maximum atomic E-state index is 11.8. The fraction of sp³-hybridized carbons (Fsp3) is 0.650. The summed E-state index contributed by atoms with van der Waals surface area (Å²) in [5.41, 5.74) is 0.775. The van der Waals surface area contributed by atoms with Crippen molar-refractivity contribution in [3.63, 3.8) is 0 Å². The van der Waals surface area contributed by atoms with Gasteiger partial charge in [0, 0.05) is 0 Å². The monoisotopic (exact) mass is 460 g/mol. The highest BCUT2D eigenvalue weighted by Gasteiger charge is 2.52. The highest BCUT2D eigenvalue weighted by atomic mass is 16.7. The van der Waals surface area contributed by atoms with E-state index >= 15 is 0 Å². The second kappa shape index (κ2) is 10.9. The number of rotatable bonds is 7. The number of aliphatic hydroxyl groups excluding tert-OH is 6. The molecule has 2 saturated heterocycles. The van der Waals surface area contributed by atoms with Crippen molar-refractivity contribution >= 4 is 5.97 Å². The summed E-state index contributed by atoms with van der Waals surface area (Å²) in [6.07, 6.45) is -16.1. The summed E-state index contributed by atoms with van der Waals surface area (Å²) in [6.45, 7) is -0.597. The molecule has 0 saturated carbocycles. The van der Waals surface area contributed by atoms with E-state index in [9.17, 15) is 35.4 Å². The van der Waals surface area contributed by atoms with Crippen LogP contribution in [0.25, 0.3) is 0 Å². The third-order valence-electron chi connectivity index (χ3n) is 5.37. The number of carbonyl (C=O) groups excluding carboxylic acids is 1. The summed E-state index contributed by atoms with van der Waals surface area (Å²) in [5, 5.41) is 61.0. The van der Waals surface area contributed by atoms with Crippen LogP contribution in [0.4, 0.5) is 0 Å². The minimum Gasteiger partial charge on any atom is -0.467 e. The first kappa shape index (κ1) is 24.9. The summed E-state index contributed by atoms with van der Waals surface area (Å²) in [7, 11) is 1.04. The minimum atomic E-state index is -1.84. The van der Waals surface area contributed by atoms with Gasteiger partial charge in [0.25, 0.3) is 0 Å². The Morgan fingerprint density at radius 2 is 1.59 bits per heavy atom. The van der Waals surface area contributed by atoms with Crippen LogP contribution in [0.15, 0.2) is 30.3 Å². The first-order valence-corrected chi connectivity index (χ1v) is 9.99. The van der Waals surface area contributed by atoms with E-state index in [0.717, 1.165) is 12.7 Å². The Kier molecular flexibility index (Phi) is 8.52. The lowest BCUT2D eigenvalue weighted by Crippen LogP contribution is -2.65. The first-order valence-electron chi connectivity index (χ1n) is 9.99. The maximum absolute atomic E-state index is 11.8. The van der Waals surface area contributed by atoms with Gasteiger partial charge >= 0.3 is 5.97 Å². The van der Waals surface area contributed by atoms with E-state index < -0.39 is 74.0 Å². The van der Waals surface area contributed by atoms with E-state index in [-0.39, 0.29) is 6.61 Å². The van der Waals surface area contributed by atoms with E-state index in [2.05, 4.69) is 4.74 Å². The largest absolute Gasteiger partial charge is 0.467 e. The molecular formula is C20H28O12. The van der Waals surface area contributed by atoms with Crippen molar-refractivity contribution in [2.45, 2.75) is 68.0 Å². The number of ether oxygens (including phenoxy) is 5. The molecule has 2 fully saturated rings. The van der Waals surface area contributed by atoms with Crippen LogP contribution in [0.2, 0.25) is 0 Å². The van der Waals surface area contributed by atoms with Gasteiger partial charge in [0.2, 0.25) is 0 Å². The van der Waals surface area contributed by atoms with Crippen molar-refractivity contribution in [1.82, 2.24) is 0 Å². The van der Waals surface area contributed by atoms with Gasteiger partial charge in [-0.3, -0.25) is 0 Å². The lowest BCUT2D eigenvalue weighted by atomic mass is 9.97. The molecule has 12 nitrogen and oxygen atoms in total. The molecule has 2 aliphatic rings. The van der Waals surface area contributed by atoms with Crippen molar-refractivity contribution in [1.29, 1.82) is 0 Å². The molecule has 1 aromatic rings. The Hall–Kier alpha value is -1.71. The van der Waals surface area contributed by atoms with Gasteiger partial charge in [-0.15, -0.1) is 0 Å². The standard InChI is InChI=1S/C20H28O12/c1-28-18(27)17-13(24)12(23)14(25)20(32-17)31-16-11(22)10(7-21)30-19(15(16)26)29-8-9-5-3-2-4-6-9/h2-6,10-17,19-26H,7-8H2,1H3. The van der Waals surface area contributed by atoms with Crippen molar-refractivity contribution in [3.8, 4) is 0 Å². The molecule has 0 amide bonds. The third-order valence-corrected chi connectivity index (χ3v) is 5.37. The van der Waals surface area contributed by atoms with Gasteiger partial charge in [0.1, 0.15) is 42.7 Å². The molecule has 0 aliphatic carbocycles. The van der Waals surface area contributed by atoms with E-state index in [1.54, 1.807) is 24.3 Å². The molecule has 180 valence electrons. The number of hydrogen-bond acceptors (Lipinski definition) is 12. The zero-order valence-corrected chi connectivity index (χ0v) is 17.2. The van der Waals surface area contributed by atoms with Gasteiger partial charge in [-0.2, -0.15) is 0 Å². The zero-order valence-electron chi connectivity index (χ0n) is 17.2. The highest BCUT2D eigenvalue weighted by Crippen LogP contribution is 2.30. The number of benzene rings is 1. The summed E-state index contributed by atoms with van der Waals surface area (Å²) in [6, 6.07) is 8.98. The molecule has 3 rings (SSSR count). The van der Waals surface area contributed by atoms with Crippen LogP contribution >= 0.6 is 0 Å². The molecule has 0 radical (unpaired) electrons. The Morgan fingerprint density at radius 3 is 2.22 bits per heavy atom. The molecule has 10 unspecified atom stereocenters. The molecule has 32 heavy (non-hydrogen) atoms. The summed E-state index contributed by atoms with van der Waals surface area (Å²) in [4.78, 5) is 11.8. The topological polar surface area (TPSA) is 185 Å². The van der Waals surface area contributed by atoms with Crippen LogP contribution in [0, 0.1) is 0 Å². The maximum Gasteiger partial charge on any atom is 0.337 e. The van der Waals surface area contributed by atoms with Gasteiger partial charge in [0.15, 0.2) is 18.7 Å². The van der Waals surface area contributed by atoms with E-state index in [1.807, 2.05) is 6.07 Å². The predicted octanol–water partition coefficient (Wildman–Crippen LogP) is -2.99. The molecule has 2 aliphatic heterocycles. The van der Waals surface area contributed by atoms with Gasteiger partial charge < -0.3 is 54.3 Å². The molecule has 2 heterocycles. The van der Waals surface area contributed by atoms with Gasteiger partial charge in [-0.25, -0.2) is 4.79 Å². The quantitative estimate of drug-likeness (QED) is 0.227. The first-order chi connectivity index (χ1) is 15.3. The second-order valence-electron chi connectivity index (χ2n) is 7.52. The molecule has 1 aromatic carbocycles. The van der Waals surface area contributed by atoms with E-state index in [1.165, 1.54) is 0 Å². The highest BCUT2D eigenvalue weighted by molar-refractivity contribution is 5.75. The predicted molar refractivity (Wildman–Crippen MR) is 103 cm³/mol. The van der Waals surface area contributed by atoms with Crippen LogP contribution in [0.3, 0.4) is 0 Å². The van der Waals surface area contributed by atoms with Gasteiger partial charge in [-0.05, 0) is 5.56 Å². The van der Waals surface area contributed by atoms with E-state index in [4.69, 9.17) is 18.9 Å². The number of hydrogen-bond donors (Lipinski definition) is 6. The summed E-state index contributed by atoms with van der Waals surface area (Å²) < 4.78 is 26.3. The molecular weight excluding hydrogens is 432 g/mol. The van der Waals surface area contributed by atoms with Crippen LogP contribution in [0.5, 0.6) is 0 Å². The Balaban J connectivity index is 1.74. The minimum absolute atomic E-state index is 0.0431. The molecule has 0 spiro atoms. The van der Waals surface area contributed by atoms with Crippen molar-refractivity contribution < 1.29 is 59.1 Å². The number of esters is 1. The molecule has 6 N–H and O–H groups in total. The SMILES string of the molecule is COC(=O)C1OC(OC2C(O)C(CO)OC(OCc3ccccc3)C2O)C(O)C(O)C1O. The lowest BCUT2D eigenvalue weighted by molar-refractivity contribution is -0.357. The van der Waals surface area contributed by atoms with Crippen LogP contribution in [-0.2, 0) is 35.1 Å². The van der Waals surface area contributed by atoms with Gasteiger partial charge in [-0.1, -0.05) is 30.3 Å². The summed E-state index contributed by atoms with van der Waals surface area (Å²) in [5.74, 6) is -1.03. The number of aliphatic hydroxyl groups is 6. The Morgan fingerprint density at radius 1 is 0.906 bits per heavy atom. The van der Waals surface area contributed by atoms with Crippen LogP contribution in [-0.4, -0.2) is 112 Å². The second-order valence-corrected chi connectivity index (χ2v) is 7.52. The fourth-order valence-corrected chi connectivity index (χ4v) is 3.53. The van der Waals surface area contributed by atoms with Gasteiger partial charge in [0.05, 0.1) is 20.3 Å².